The molecule has 0 atom stereocenters. The normalized spacial score (nSPS) is 11.0. The lowest BCUT2D eigenvalue weighted by atomic mass is 10.2. The van der Waals surface area contributed by atoms with Gasteiger partial charge in [-0.3, -0.25) is 0 Å². The van der Waals surface area contributed by atoms with E-state index < -0.39 is 0 Å². The Morgan fingerprint density at radius 1 is 1.46 bits per heavy atom. The molecule has 0 amide bonds. The number of aryl methyl sites for hydroxylation is 2. The number of H-pyrrole nitrogens is 1. The summed E-state index contributed by atoms with van der Waals surface area (Å²) in [7, 11) is 0. The molecule has 3 heteroatoms. The van der Waals surface area contributed by atoms with Crippen LogP contribution in [0.4, 0.5) is 4.39 Å². The van der Waals surface area contributed by atoms with Crippen molar-refractivity contribution in [3.8, 4) is 0 Å². The van der Waals surface area contributed by atoms with Crippen LogP contribution < -0.4 is 0 Å². The predicted octanol–water partition coefficient (Wildman–Crippen LogP) is 2.57. The zero-order valence-corrected chi connectivity index (χ0v) is 7.69. The van der Waals surface area contributed by atoms with Crippen molar-refractivity contribution < 1.29 is 4.39 Å². The zero-order valence-electron chi connectivity index (χ0n) is 7.69. The molecule has 1 N–H and O–H groups in total. The molecule has 0 saturated carbocycles. The van der Waals surface area contributed by atoms with Crippen molar-refractivity contribution in [3.63, 3.8) is 0 Å². The molecule has 0 radical (unpaired) electrons. The number of imidazole rings is 1. The molecule has 68 valence electrons. The van der Waals surface area contributed by atoms with Gasteiger partial charge in [-0.15, -0.1) is 0 Å². The SMILES string of the molecule is CCc1nc2c(C)cc(F)cc2[nH]1. The molecule has 0 fully saturated rings. The van der Waals surface area contributed by atoms with Crippen molar-refractivity contribution >= 4 is 11.0 Å². The summed E-state index contributed by atoms with van der Waals surface area (Å²) in [6.45, 7) is 3.88. The number of rotatable bonds is 1. The monoisotopic (exact) mass is 178 g/mol. The molecule has 0 saturated heterocycles. The second-order valence-corrected chi connectivity index (χ2v) is 3.16. The Morgan fingerprint density at radius 3 is 2.92 bits per heavy atom. The number of fused-ring (bicyclic) bond motifs is 1. The first-order valence-corrected chi connectivity index (χ1v) is 4.35. The standard InChI is InChI=1S/C10H11FN2/c1-3-9-12-8-5-7(11)4-6(2)10(8)13-9/h4-5H,3H2,1-2H3,(H,12,13). The van der Waals surface area contributed by atoms with Gasteiger partial charge >= 0.3 is 0 Å². The summed E-state index contributed by atoms with van der Waals surface area (Å²) in [6.07, 6.45) is 0.843. The van der Waals surface area contributed by atoms with E-state index in [4.69, 9.17) is 0 Å². The Balaban J connectivity index is 2.75. The van der Waals surface area contributed by atoms with Crippen LogP contribution in [0.15, 0.2) is 12.1 Å². The molecule has 2 aromatic rings. The number of hydrogen-bond donors (Lipinski definition) is 1. The Morgan fingerprint density at radius 2 is 2.23 bits per heavy atom. The first-order valence-electron chi connectivity index (χ1n) is 4.35. The van der Waals surface area contributed by atoms with Gasteiger partial charge in [-0.25, -0.2) is 9.37 Å². The zero-order chi connectivity index (χ0) is 9.42. The fourth-order valence-corrected chi connectivity index (χ4v) is 1.47. The van der Waals surface area contributed by atoms with Crippen molar-refractivity contribution in [1.82, 2.24) is 9.97 Å². The fourth-order valence-electron chi connectivity index (χ4n) is 1.47. The number of nitrogens with zero attached hydrogens (tertiary/aromatic N) is 1. The number of halogens is 1. The molecule has 2 rings (SSSR count). The lowest BCUT2D eigenvalue weighted by Crippen LogP contribution is -1.80. The Hall–Kier alpha value is -1.38. The summed E-state index contributed by atoms with van der Waals surface area (Å²) in [5, 5.41) is 0. The van der Waals surface area contributed by atoms with E-state index in [1.165, 1.54) is 12.1 Å². The highest BCUT2D eigenvalue weighted by atomic mass is 19.1. The maximum atomic E-state index is 13.0. The average molecular weight is 178 g/mol. The van der Waals surface area contributed by atoms with E-state index in [0.29, 0.717) is 0 Å². The number of aromatic amines is 1. The van der Waals surface area contributed by atoms with Crippen LogP contribution in [-0.4, -0.2) is 9.97 Å². The van der Waals surface area contributed by atoms with Gasteiger partial charge in [0.05, 0.1) is 11.0 Å². The first-order chi connectivity index (χ1) is 6.20. The third-order valence-corrected chi connectivity index (χ3v) is 2.13. The van der Waals surface area contributed by atoms with E-state index in [0.717, 1.165) is 28.8 Å². The second-order valence-electron chi connectivity index (χ2n) is 3.16. The van der Waals surface area contributed by atoms with Crippen LogP contribution in [-0.2, 0) is 6.42 Å². The number of benzene rings is 1. The van der Waals surface area contributed by atoms with Gasteiger partial charge in [-0.2, -0.15) is 0 Å². The third kappa shape index (κ3) is 1.30. The summed E-state index contributed by atoms with van der Waals surface area (Å²) < 4.78 is 13.0. The van der Waals surface area contributed by atoms with Gasteiger partial charge in [0, 0.05) is 6.42 Å². The molecule has 1 aromatic heterocycles. The molecule has 13 heavy (non-hydrogen) atoms. The predicted molar refractivity (Wildman–Crippen MR) is 50.2 cm³/mol. The van der Waals surface area contributed by atoms with Crippen molar-refractivity contribution in [2.45, 2.75) is 20.3 Å². The minimum absolute atomic E-state index is 0.212. The van der Waals surface area contributed by atoms with E-state index in [1.807, 2.05) is 13.8 Å². The van der Waals surface area contributed by atoms with E-state index >= 15 is 0 Å². The van der Waals surface area contributed by atoms with Crippen LogP contribution in [0, 0.1) is 12.7 Å². The van der Waals surface area contributed by atoms with Crippen LogP contribution in [0.2, 0.25) is 0 Å². The molecule has 1 heterocycles. The molecular formula is C10H11FN2. The molecule has 0 spiro atoms. The Labute approximate surface area is 75.8 Å². The molecule has 2 nitrogen and oxygen atoms in total. The maximum absolute atomic E-state index is 13.0. The van der Waals surface area contributed by atoms with Gasteiger partial charge in [-0.1, -0.05) is 6.92 Å². The Kier molecular flexibility index (Phi) is 1.79. The van der Waals surface area contributed by atoms with Crippen molar-refractivity contribution in [2.75, 3.05) is 0 Å². The third-order valence-electron chi connectivity index (χ3n) is 2.13. The molecule has 0 aliphatic rings. The van der Waals surface area contributed by atoms with Crippen molar-refractivity contribution in [3.05, 3.63) is 29.3 Å². The van der Waals surface area contributed by atoms with Crippen molar-refractivity contribution in [2.24, 2.45) is 0 Å². The van der Waals surface area contributed by atoms with E-state index in [9.17, 15) is 4.39 Å². The van der Waals surface area contributed by atoms with E-state index in [2.05, 4.69) is 9.97 Å². The molecular weight excluding hydrogens is 167 g/mol. The highest BCUT2D eigenvalue weighted by Gasteiger charge is 2.05. The van der Waals surface area contributed by atoms with Crippen LogP contribution >= 0.6 is 0 Å². The summed E-state index contributed by atoms with van der Waals surface area (Å²) in [4.78, 5) is 7.43. The quantitative estimate of drug-likeness (QED) is 0.714. The average Bonchev–Trinajstić information content (AvgIpc) is 2.47. The van der Waals surface area contributed by atoms with Gasteiger partial charge in [0.2, 0.25) is 0 Å². The van der Waals surface area contributed by atoms with Gasteiger partial charge in [0.15, 0.2) is 0 Å². The smallest absolute Gasteiger partial charge is 0.125 e. The fraction of sp³-hybridized carbons (Fsp3) is 0.300. The lowest BCUT2D eigenvalue weighted by Gasteiger charge is -1.93. The molecule has 0 aliphatic heterocycles. The number of hydrogen-bond acceptors (Lipinski definition) is 1. The number of nitrogens with one attached hydrogen (secondary N) is 1. The summed E-state index contributed by atoms with van der Waals surface area (Å²) >= 11 is 0. The summed E-state index contributed by atoms with van der Waals surface area (Å²) in [5.41, 5.74) is 2.54. The topological polar surface area (TPSA) is 28.7 Å². The first kappa shape index (κ1) is 8.23. The van der Waals surface area contributed by atoms with Crippen LogP contribution in [0.1, 0.15) is 18.3 Å². The van der Waals surface area contributed by atoms with Crippen molar-refractivity contribution in [1.29, 1.82) is 0 Å². The van der Waals surface area contributed by atoms with Gasteiger partial charge in [0.1, 0.15) is 11.6 Å². The van der Waals surface area contributed by atoms with Gasteiger partial charge in [0.25, 0.3) is 0 Å². The minimum Gasteiger partial charge on any atom is -0.342 e. The van der Waals surface area contributed by atoms with Crippen LogP contribution in [0.5, 0.6) is 0 Å². The van der Waals surface area contributed by atoms with Crippen LogP contribution in [0.25, 0.3) is 11.0 Å². The molecule has 0 unspecified atom stereocenters. The highest BCUT2D eigenvalue weighted by molar-refractivity contribution is 5.78. The second kappa shape index (κ2) is 2.83. The summed E-state index contributed by atoms with van der Waals surface area (Å²) in [5.74, 6) is 0.694. The maximum Gasteiger partial charge on any atom is 0.125 e. The van der Waals surface area contributed by atoms with Gasteiger partial charge < -0.3 is 4.98 Å². The van der Waals surface area contributed by atoms with Crippen LogP contribution in [0.3, 0.4) is 0 Å². The Bertz CT molecular complexity index is 445. The number of aromatic nitrogens is 2. The molecule has 0 aliphatic carbocycles. The lowest BCUT2D eigenvalue weighted by molar-refractivity contribution is 0.628. The molecule has 0 bridgehead atoms. The van der Waals surface area contributed by atoms with E-state index in [-0.39, 0.29) is 5.82 Å². The molecule has 1 aromatic carbocycles. The van der Waals surface area contributed by atoms with E-state index in [1.54, 1.807) is 0 Å². The summed E-state index contributed by atoms with van der Waals surface area (Å²) in [6, 6.07) is 2.98. The highest BCUT2D eigenvalue weighted by Crippen LogP contribution is 2.17. The largest absolute Gasteiger partial charge is 0.342 e. The van der Waals surface area contributed by atoms with Gasteiger partial charge in [-0.05, 0) is 24.6 Å². The minimum atomic E-state index is -0.212.